The quantitative estimate of drug-likeness (QED) is 0.833. The maximum absolute atomic E-state index is 10.3. The Morgan fingerprint density at radius 1 is 1.22 bits per heavy atom. The molecule has 6 heteroatoms. The molecule has 2 rings (SSSR count). The van der Waals surface area contributed by atoms with Crippen LogP contribution < -0.4 is 10.1 Å². The van der Waals surface area contributed by atoms with Gasteiger partial charge < -0.3 is 15.2 Å². The van der Waals surface area contributed by atoms with Crippen LogP contribution in [-0.2, 0) is 4.79 Å². The van der Waals surface area contributed by atoms with Crippen LogP contribution in [0.3, 0.4) is 0 Å². The van der Waals surface area contributed by atoms with Crippen molar-refractivity contribution >= 4 is 17.6 Å². The molecule has 18 heavy (non-hydrogen) atoms. The van der Waals surface area contributed by atoms with Gasteiger partial charge in [0.2, 0.25) is 5.95 Å². The molecular formula is C12H11N3O3. The summed E-state index contributed by atoms with van der Waals surface area (Å²) in [5.74, 6) is -0.0106. The van der Waals surface area contributed by atoms with Gasteiger partial charge in [0, 0.05) is 18.1 Å². The molecule has 0 radical (unpaired) electrons. The zero-order chi connectivity index (χ0) is 12.8. The molecule has 0 spiro atoms. The maximum Gasteiger partial charge on any atom is 0.341 e. The van der Waals surface area contributed by atoms with Gasteiger partial charge in [0.05, 0.1) is 0 Å². The number of carboxylic acids is 1. The molecule has 2 N–H and O–H groups in total. The smallest absolute Gasteiger partial charge is 0.341 e. The van der Waals surface area contributed by atoms with Gasteiger partial charge in [-0.1, -0.05) is 0 Å². The molecule has 1 heterocycles. The van der Waals surface area contributed by atoms with Crippen LogP contribution >= 0.6 is 0 Å². The average Bonchev–Trinajstić information content (AvgIpc) is 2.39. The Kier molecular flexibility index (Phi) is 3.70. The van der Waals surface area contributed by atoms with Gasteiger partial charge in [0.1, 0.15) is 5.75 Å². The summed E-state index contributed by atoms with van der Waals surface area (Å²) in [6.45, 7) is -0.353. The Bertz CT molecular complexity index is 514. The Labute approximate surface area is 103 Å². The molecule has 0 aliphatic heterocycles. The van der Waals surface area contributed by atoms with Gasteiger partial charge in [-0.15, -0.1) is 0 Å². The molecule has 0 aliphatic carbocycles. The van der Waals surface area contributed by atoms with Crippen LogP contribution in [0.15, 0.2) is 42.7 Å². The predicted octanol–water partition coefficient (Wildman–Crippen LogP) is 1.68. The predicted molar refractivity (Wildman–Crippen MR) is 64.9 cm³/mol. The highest BCUT2D eigenvalue weighted by Crippen LogP contribution is 2.17. The van der Waals surface area contributed by atoms with E-state index in [0.29, 0.717) is 11.7 Å². The first-order chi connectivity index (χ1) is 8.74. The molecule has 6 nitrogen and oxygen atoms in total. The number of ether oxygens (including phenoxy) is 1. The van der Waals surface area contributed by atoms with E-state index in [2.05, 4.69) is 15.3 Å². The molecule has 0 atom stereocenters. The number of nitrogens with zero attached hydrogens (tertiary/aromatic N) is 2. The zero-order valence-electron chi connectivity index (χ0n) is 9.41. The average molecular weight is 245 g/mol. The minimum absolute atomic E-state index is 0.353. The van der Waals surface area contributed by atoms with E-state index in [1.807, 2.05) is 0 Å². The summed E-state index contributed by atoms with van der Waals surface area (Å²) in [6, 6.07) is 8.59. The molecule has 0 bridgehead atoms. The normalized spacial score (nSPS) is 9.78. The van der Waals surface area contributed by atoms with Crippen molar-refractivity contribution in [3.05, 3.63) is 42.7 Å². The minimum Gasteiger partial charge on any atom is -0.482 e. The molecule has 1 aromatic heterocycles. The van der Waals surface area contributed by atoms with Crippen LogP contribution in [0.5, 0.6) is 5.75 Å². The van der Waals surface area contributed by atoms with Crippen LogP contribution in [0.4, 0.5) is 11.6 Å². The number of hydrogen-bond acceptors (Lipinski definition) is 5. The van der Waals surface area contributed by atoms with Gasteiger partial charge in [0.15, 0.2) is 6.61 Å². The monoisotopic (exact) mass is 245 g/mol. The summed E-state index contributed by atoms with van der Waals surface area (Å²) in [5.41, 5.74) is 0.795. The summed E-state index contributed by atoms with van der Waals surface area (Å²) in [4.78, 5) is 18.4. The second kappa shape index (κ2) is 5.62. The van der Waals surface area contributed by atoms with Crippen molar-refractivity contribution in [3.63, 3.8) is 0 Å². The lowest BCUT2D eigenvalue weighted by Gasteiger charge is -2.06. The van der Waals surface area contributed by atoms with Crippen molar-refractivity contribution in [1.29, 1.82) is 0 Å². The summed E-state index contributed by atoms with van der Waals surface area (Å²) in [5, 5.41) is 11.5. The molecule has 0 amide bonds. The number of anilines is 2. The van der Waals surface area contributed by atoms with E-state index in [0.717, 1.165) is 5.69 Å². The van der Waals surface area contributed by atoms with Gasteiger partial charge >= 0.3 is 5.97 Å². The fraction of sp³-hybridized carbons (Fsp3) is 0.0833. The van der Waals surface area contributed by atoms with Crippen molar-refractivity contribution in [2.24, 2.45) is 0 Å². The molecule has 1 aromatic carbocycles. The SMILES string of the molecule is O=C(O)COc1ccc(Nc2ncccn2)cc1. The molecule has 0 aliphatic rings. The van der Waals surface area contributed by atoms with E-state index >= 15 is 0 Å². The third kappa shape index (κ3) is 3.44. The van der Waals surface area contributed by atoms with E-state index in [9.17, 15) is 4.79 Å². The fourth-order valence-electron chi connectivity index (χ4n) is 1.27. The Hall–Kier alpha value is -2.63. The summed E-state index contributed by atoms with van der Waals surface area (Å²) in [6.07, 6.45) is 3.28. The van der Waals surface area contributed by atoms with E-state index < -0.39 is 5.97 Å². The molecule has 0 fully saturated rings. The summed E-state index contributed by atoms with van der Waals surface area (Å²) in [7, 11) is 0. The molecule has 0 saturated heterocycles. The van der Waals surface area contributed by atoms with Crippen LogP contribution in [0.2, 0.25) is 0 Å². The highest BCUT2D eigenvalue weighted by molar-refractivity contribution is 5.68. The lowest BCUT2D eigenvalue weighted by Crippen LogP contribution is -2.09. The summed E-state index contributed by atoms with van der Waals surface area (Å²) < 4.78 is 5.01. The number of carboxylic acid groups (broad SMARTS) is 1. The number of rotatable bonds is 5. The van der Waals surface area contributed by atoms with Gasteiger partial charge in [0.25, 0.3) is 0 Å². The second-order valence-electron chi connectivity index (χ2n) is 3.40. The summed E-state index contributed by atoms with van der Waals surface area (Å²) >= 11 is 0. The van der Waals surface area contributed by atoms with E-state index in [1.165, 1.54) is 0 Å². The number of carbonyl (C=O) groups is 1. The minimum atomic E-state index is -1.00. The van der Waals surface area contributed by atoms with E-state index in [-0.39, 0.29) is 6.61 Å². The van der Waals surface area contributed by atoms with Crippen molar-refractivity contribution in [2.75, 3.05) is 11.9 Å². The number of aromatic nitrogens is 2. The molecule has 0 unspecified atom stereocenters. The third-order valence-electron chi connectivity index (χ3n) is 2.04. The van der Waals surface area contributed by atoms with Gasteiger partial charge in [-0.2, -0.15) is 0 Å². The number of benzene rings is 1. The highest BCUT2D eigenvalue weighted by Gasteiger charge is 2.00. The molecule has 92 valence electrons. The van der Waals surface area contributed by atoms with Crippen molar-refractivity contribution in [3.8, 4) is 5.75 Å². The van der Waals surface area contributed by atoms with Crippen LogP contribution in [-0.4, -0.2) is 27.7 Å². The molecular weight excluding hydrogens is 234 g/mol. The third-order valence-corrected chi connectivity index (χ3v) is 2.04. The zero-order valence-corrected chi connectivity index (χ0v) is 9.41. The highest BCUT2D eigenvalue weighted by atomic mass is 16.5. The Balaban J connectivity index is 1.97. The standard InChI is InChI=1S/C12H11N3O3/c16-11(17)8-18-10-4-2-9(3-5-10)15-12-13-6-1-7-14-12/h1-7H,8H2,(H,16,17)(H,13,14,15). The van der Waals surface area contributed by atoms with Gasteiger partial charge in [-0.25, -0.2) is 14.8 Å². The molecule has 2 aromatic rings. The van der Waals surface area contributed by atoms with Crippen LogP contribution in [0.1, 0.15) is 0 Å². The van der Waals surface area contributed by atoms with E-state index in [4.69, 9.17) is 9.84 Å². The Morgan fingerprint density at radius 2 is 1.89 bits per heavy atom. The van der Waals surface area contributed by atoms with Crippen molar-refractivity contribution < 1.29 is 14.6 Å². The lowest BCUT2D eigenvalue weighted by molar-refractivity contribution is -0.139. The molecule has 0 saturated carbocycles. The number of hydrogen-bond donors (Lipinski definition) is 2. The second-order valence-corrected chi connectivity index (χ2v) is 3.40. The lowest BCUT2D eigenvalue weighted by atomic mass is 10.3. The number of nitrogens with one attached hydrogen (secondary N) is 1. The largest absolute Gasteiger partial charge is 0.482 e. The van der Waals surface area contributed by atoms with Crippen molar-refractivity contribution in [2.45, 2.75) is 0 Å². The van der Waals surface area contributed by atoms with Crippen LogP contribution in [0, 0.1) is 0 Å². The Morgan fingerprint density at radius 3 is 2.50 bits per heavy atom. The topological polar surface area (TPSA) is 84.3 Å². The number of aliphatic carboxylic acids is 1. The van der Waals surface area contributed by atoms with Gasteiger partial charge in [-0.05, 0) is 30.3 Å². The van der Waals surface area contributed by atoms with Crippen LogP contribution in [0.25, 0.3) is 0 Å². The van der Waals surface area contributed by atoms with Gasteiger partial charge in [-0.3, -0.25) is 0 Å². The first-order valence-electron chi connectivity index (χ1n) is 5.23. The van der Waals surface area contributed by atoms with Crippen molar-refractivity contribution in [1.82, 2.24) is 9.97 Å². The first kappa shape index (κ1) is 11.8. The van der Waals surface area contributed by atoms with E-state index in [1.54, 1.807) is 42.7 Å². The first-order valence-corrected chi connectivity index (χ1v) is 5.23. The fourth-order valence-corrected chi connectivity index (χ4v) is 1.27. The maximum atomic E-state index is 10.3.